The first-order valence-corrected chi connectivity index (χ1v) is 9.89. The van der Waals surface area contributed by atoms with Crippen LogP contribution in [-0.2, 0) is 11.2 Å². The summed E-state index contributed by atoms with van der Waals surface area (Å²) in [5, 5.41) is 15.8. The molecule has 1 heterocycles. The smallest absolute Gasteiger partial charge is 0.234 e. The molecule has 3 N–H and O–H groups in total. The Labute approximate surface area is 184 Å². The Bertz CT molecular complexity index is 641. The van der Waals surface area contributed by atoms with Crippen molar-refractivity contribution in [3.05, 3.63) is 29.8 Å². The summed E-state index contributed by atoms with van der Waals surface area (Å²) in [6, 6.07) is 7.81. The molecule has 1 aromatic carbocycles. The summed E-state index contributed by atoms with van der Waals surface area (Å²) in [5.74, 6) is 1.40. The van der Waals surface area contributed by atoms with Gasteiger partial charge in [-0.15, -0.1) is 24.0 Å². The standard InChI is InChI=1S/C20H31N5O2.HI/c1-21-20(22-10-2-3-16-4-8-18(26)9-5-16)25-13-11-24(12-14-25)15-19(27)23-17-6-7-17;/h4-5,8-9,17,26H,2-3,6-7,10-15H2,1H3,(H,21,22)(H,23,27);1H. The number of carbonyl (C=O) groups excluding carboxylic acids is 1. The molecule has 2 fully saturated rings. The number of amides is 1. The maximum absolute atomic E-state index is 11.9. The van der Waals surface area contributed by atoms with Gasteiger partial charge in [0.2, 0.25) is 5.91 Å². The summed E-state index contributed by atoms with van der Waals surface area (Å²) in [4.78, 5) is 20.8. The fourth-order valence-corrected chi connectivity index (χ4v) is 3.31. The highest BCUT2D eigenvalue weighted by atomic mass is 127. The second kappa shape index (κ2) is 11.5. The number of guanidine groups is 1. The number of phenolic OH excluding ortho intramolecular Hbond substituents is 1. The number of carbonyl (C=O) groups is 1. The molecule has 7 nitrogen and oxygen atoms in total. The molecule has 1 saturated heterocycles. The molecular weight excluding hydrogens is 469 g/mol. The first kappa shape index (κ1) is 22.7. The van der Waals surface area contributed by atoms with Crippen molar-refractivity contribution in [2.24, 2.45) is 4.99 Å². The van der Waals surface area contributed by atoms with Gasteiger partial charge in [-0.1, -0.05) is 12.1 Å². The number of aromatic hydroxyl groups is 1. The third kappa shape index (κ3) is 7.46. The Morgan fingerprint density at radius 2 is 1.86 bits per heavy atom. The first-order valence-electron chi connectivity index (χ1n) is 9.89. The second-order valence-electron chi connectivity index (χ2n) is 7.35. The Morgan fingerprint density at radius 1 is 1.18 bits per heavy atom. The van der Waals surface area contributed by atoms with Crippen molar-refractivity contribution < 1.29 is 9.90 Å². The molecule has 2 aliphatic rings. The summed E-state index contributed by atoms with van der Waals surface area (Å²) < 4.78 is 0. The lowest BCUT2D eigenvalue weighted by atomic mass is 10.1. The minimum Gasteiger partial charge on any atom is -0.508 e. The van der Waals surface area contributed by atoms with E-state index in [0.717, 1.165) is 64.4 Å². The lowest BCUT2D eigenvalue weighted by molar-refractivity contribution is -0.122. The highest BCUT2D eigenvalue weighted by Crippen LogP contribution is 2.18. The van der Waals surface area contributed by atoms with Crippen molar-refractivity contribution in [2.45, 2.75) is 31.7 Å². The van der Waals surface area contributed by atoms with E-state index in [9.17, 15) is 9.90 Å². The van der Waals surface area contributed by atoms with Crippen LogP contribution in [0.2, 0.25) is 0 Å². The number of hydrogen-bond donors (Lipinski definition) is 3. The average Bonchev–Trinajstić information content (AvgIpc) is 3.48. The number of nitrogens with zero attached hydrogens (tertiary/aromatic N) is 3. The van der Waals surface area contributed by atoms with Gasteiger partial charge in [0.1, 0.15) is 5.75 Å². The van der Waals surface area contributed by atoms with E-state index in [0.29, 0.717) is 18.3 Å². The summed E-state index contributed by atoms with van der Waals surface area (Å²) >= 11 is 0. The topological polar surface area (TPSA) is 80.2 Å². The lowest BCUT2D eigenvalue weighted by Gasteiger charge is -2.36. The molecule has 1 amide bonds. The van der Waals surface area contributed by atoms with E-state index in [1.165, 1.54) is 5.56 Å². The molecule has 0 unspecified atom stereocenters. The highest BCUT2D eigenvalue weighted by Gasteiger charge is 2.25. The van der Waals surface area contributed by atoms with Gasteiger partial charge in [-0.05, 0) is 43.4 Å². The SMILES string of the molecule is CN=C(NCCCc1ccc(O)cc1)N1CCN(CC(=O)NC2CC2)CC1.I. The molecule has 8 heteroatoms. The third-order valence-electron chi connectivity index (χ3n) is 5.05. The molecule has 0 spiro atoms. The van der Waals surface area contributed by atoms with Gasteiger partial charge < -0.3 is 20.6 Å². The predicted molar refractivity (Wildman–Crippen MR) is 122 cm³/mol. The average molecular weight is 501 g/mol. The van der Waals surface area contributed by atoms with E-state index in [1.807, 2.05) is 19.2 Å². The third-order valence-corrected chi connectivity index (χ3v) is 5.05. The van der Waals surface area contributed by atoms with Gasteiger partial charge in [-0.2, -0.15) is 0 Å². The molecule has 1 saturated carbocycles. The number of aryl methyl sites for hydroxylation is 1. The molecule has 28 heavy (non-hydrogen) atoms. The number of phenols is 1. The van der Waals surface area contributed by atoms with Gasteiger partial charge in [0.15, 0.2) is 5.96 Å². The summed E-state index contributed by atoms with van der Waals surface area (Å²) in [7, 11) is 1.82. The van der Waals surface area contributed by atoms with Gasteiger partial charge in [-0.25, -0.2) is 0 Å². The van der Waals surface area contributed by atoms with Crippen molar-refractivity contribution in [3.63, 3.8) is 0 Å². The zero-order valence-electron chi connectivity index (χ0n) is 16.6. The van der Waals surface area contributed by atoms with Crippen LogP contribution in [0.4, 0.5) is 0 Å². The summed E-state index contributed by atoms with van der Waals surface area (Å²) in [6.45, 7) is 4.89. The van der Waals surface area contributed by atoms with E-state index in [4.69, 9.17) is 0 Å². The predicted octanol–water partition coefficient (Wildman–Crippen LogP) is 1.41. The Balaban J connectivity index is 0.00000280. The number of nitrogens with one attached hydrogen (secondary N) is 2. The molecule has 156 valence electrons. The summed E-state index contributed by atoms with van der Waals surface area (Å²) in [6.07, 6.45) is 4.24. The number of benzene rings is 1. The molecule has 1 aliphatic heterocycles. The van der Waals surface area contributed by atoms with E-state index < -0.39 is 0 Å². The molecule has 1 aliphatic carbocycles. The molecule has 0 aromatic heterocycles. The molecule has 1 aromatic rings. The number of aliphatic imine (C=N–C) groups is 1. The molecule has 0 atom stereocenters. The van der Waals surface area contributed by atoms with Crippen molar-refractivity contribution in [1.29, 1.82) is 0 Å². The van der Waals surface area contributed by atoms with E-state index >= 15 is 0 Å². The van der Waals surface area contributed by atoms with Crippen LogP contribution in [0.15, 0.2) is 29.3 Å². The Kier molecular flexibility index (Phi) is 9.30. The second-order valence-corrected chi connectivity index (χ2v) is 7.35. The zero-order chi connectivity index (χ0) is 19.1. The van der Waals surface area contributed by atoms with Crippen LogP contribution in [0.1, 0.15) is 24.8 Å². The van der Waals surface area contributed by atoms with Crippen LogP contribution in [-0.4, -0.2) is 79.1 Å². The van der Waals surface area contributed by atoms with E-state index in [2.05, 4.69) is 25.4 Å². The van der Waals surface area contributed by atoms with Crippen LogP contribution in [0.5, 0.6) is 5.75 Å². The Hall–Kier alpha value is -1.55. The van der Waals surface area contributed by atoms with Crippen LogP contribution in [0.25, 0.3) is 0 Å². The molecule has 0 bridgehead atoms. The first-order chi connectivity index (χ1) is 13.1. The van der Waals surface area contributed by atoms with Crippen molar-refractivity contribution in [1.82, 2.24) is 20.4 Å². The van der Waals surface area contributed by atoms with Gasteiger partial charge >= 0.3 is 0 Å². The monoisotopic (exact) mass is 501 g/mol. The maximum atomic E-state index is 11.9. The molecule has 0 radical (unpaired) electrons. The Morgan fingerprint density at radius 3 is 2.46 bits per heavy atom. The van der Waals surface area contributed by atoms with Crippen molar-refractivity contribution in [3.8, 4) is 5.75 Å². The van der Waals surface area contributed by atoms with Crippen LogP contribution >= 0.6 is 24.0 Å². The lowest BCUT2D eigenvalue weighted by Crippen LogP contribution is -2.54. The normalized spacial score (nSPS) is 17.8. The quantitative estimate of drug-likeness (QED) is 0.228. The fraction of sp³-hybridized carbons (Fsp3) is 0.600. The van der Waals surface area contributed by atoms with E-state index in [-0.39, 0.29) is 29.9 Å². The minimum atomic E-state index is 0. The number of rotatable bonds is 7. The van der Waals surface area contributed by atoms with Gasteiger partial charge in [-0.3, -0.25) is 14.7 Å². The number of halogens is 1. The van der Waals surface area contributed by atoms with Gasteiger partial charge in [0.25, 0.3) is 0 Å². The largest absolute Gasteiger partial charge is 0.508 e. The summed E-state index contributed by atoms with van der Waals surface area (Å²) in [5.41, 5.74) is 1.22. The fourth-order valence-electron chi connectivity index (χ4n) is 3.31. The van der Waals surface area contributed by atoms with Gasteiger partial charge in [0, 0.05) is 45.8 Å². The van der Waals surface area contributed by atoms with Gasteiger partial charge in [0.05, 0.1) is 6.54 Å². The van der Waals surface area contributed by atoms with Crippen molar-refractivity contribution in [2.75, 3.05) is 46.3 Å². The van der Waals surface area contributed by atoms with Crippen LogP contribution in [0.3, 0.4) is 0 Å². The minimum absolute atomic E-state index is 0. The van der Waals surface area contributed by atoms with Crippen molar-refractivity contribution >= 4 is 35.8 Å². The molecular formula is C20H32IN5O2. The number of piperazine rings is 1. The van der Waals surface area contributed by atoms with Crippen LogP contribution in [0, 0.1) is 0 Å². The zero-order valence-corrected chi connectivity index (χ0v) is 18.9. The maximum Gasteiger partial charge on any atom is 0.234 e. The van der Waals surface area contributed by atoms with E-state index in [1.54, 1.807) is 12.1 Å². The van der Waals surface area contributed by atoms with Crippen LogP contribution < -0.4 is 10.6 Å². The molecule has 3 rings (SSSR count). The highest BCUT2D eigenvalue weighted by molar-refractivity contribution is 14.0. The number of hydrogen-bond acceptors (Lipinski definition) is 4.